The molecule has 1 atom stereocenters. The summed E-state index contributed by atoms with van der Waals surface area (Å²) in [7, 11) is 0. The molecule has 0 spiro atoms. The van der Waals surface area contributed by atoms with E-state index in [9.17, 15) is 13.6 Å². The molecule has 3 fully saturated rings. The van der Waals surface area contributed by atoms with E-state index in [0.717, 1.165) is 59.2 Å². The number of hydrogen-bond acceptors (Lipinski definition) is 3. The molecule has 37 heavy (non-hydrogen) atoms. The Kier molecular flexibility index (Phi) is 8.03. The maximum absolute atomic E-state index is 14.7. The minimum absolute atomic E-state index is 0.0910. The van der Waals surface area contributed by atoms with Crippen molar-refractivity contribution in [1.29, 1.82) is 0 Å². The fourth-order valence-electron chi connectivity index (χ4n) is 5.47. The first-order valence-corrected chi connectivity index (χ1v) is 14.0. The van der Waals surface area contributed by atoms with Crippen LogP contribution in [0.5, 0.6) is 0 Å². The van der Waals surface area contributed by atoms with Gasteiger partial charge in [-0.3, -0.25) is 4.90 Å². The van der Waals surface area contributed by atoms with Gasteiger partial charge in [0.1, 0.15) is 18.2 Å². The predicted octanol–water partition coefficient (Wildman–Crippen LogP) is 7.16. The smallest absolute Gasteiger partial charge is 0.415 e. The summed E-state index contributed by atoms with van der Waals surface area (Å²) in [6, 6.07) is 19.9. The van der Waals surface area contributed by atoms with E-state index in [1.165, 1.54) is 23.1 Å². The molecule has 3 aliphatic heterocycles. The van der Waals surface area contributed by atoms with Crippen molar-refractivity contribution in [3.8, 4) is 0 Å². The van der Waals surface area contributed by atoms with Gasteiger partial charge in [0.2, 0.25) is 0 Å². The predicted molar refractivity (Wildman–Crippen MR) is 144 cm³/mol. The topological polar surface area (TPSA) is 29.5 Å². The Labute approximate surface area is 225 Å². The maximum Gasteiger partial charge on any atom is 0.415 e. The maximum atomic E-state index is 14.7. The zero-order chi connectivity index (χ0) is 25.8. The molecule has 3 aromatic carbocycles. The average Bonchev–Trinajstić information content (AvgIpc) is 2.89. The lowest BCUT2D eigenvalue weighted by Gasteiger charge is -2.52. The lowest BCUT2D eigenvalue weighted by atomic mass is 9.83. The molecule has 4 nitrogen and oxygen atoms in total. The number of nitrogens with zero attached hydrogens (tertiary/aromatic N) is 2. The van der Waals surface area contributed by atoms with E-state index in [1.54, 1.807) is 42.1 Å². The van der Waals surface area contributed by atoms with Crippen LogP contribution in [0.15, 0.2) is 77.7 Å². The summed E-state index contributed by atoms with van der Waals surface area (Å²) in [4.78, 5) is 16.0. The quantitative estimate of drug-likeness (QED) is 0.223. The number of benzene rings is 3. The summed E-state index contributed by atoms with van der Waals surface area (Å²) in [5, 5.41) is 0.739. The van der Waals surface area contributed by atoms with Gasteiger partial charge in [0, 0.05) is 34.4 Å². The van der Waals surface area contributed by atoms with Gasteiger partial charge in [0.15, 0.2) is 6.10 Å². The van der Waals surface area contributed by atoms with Crippen LogP contribution in [-0.2, 0) is 11.3 Å². The molecule has 3 saturated heterocycles. The van der Waals surface area contributed by atoms with Crippen molar-refractivity contribution < 1.29 is 22.8 Å². The minimum atomic E-state index is -0.570. The highest BCUT2D eigenvalue weighted by atomic mass is 35.5. The Bertz CT molecular complexity index is 1230. The van der Waals surface area contributed by atoms with Gasteiger partial charge in [0.25, 0.3) is 0 Å². The van der Waals surface area contributed by atoms with Gasteiger partial charge in [-0.1, -0.05) is 41.9 Å². The molecule has 0 aromatic heterocycles. The van der Waals surface area contributed by atoms with E-state index in [0.29, 0.717) is 11.5 Å². The van der Waals surface area contributed by atoms with Gasteiger partial charge in [-0.15, -0.1) is 11.8 Å². The zero-order valence-corrected chi connectivity index (χ0v) is 22.1. The number of rotatable bonds is 8. The fraction of sp³-hybridized carbons (Fsp3) is 0.345. The molecule has 0 aliphatic carbocycles. The van der Waals surface area contributed by atoms with Crippen molar-refractivity contribution in [3.05, 3.63) is 95.0 Å². The molecular formula is C29H30ClF2N2O2S+. The number of thioether (sulfide) groups is 1. The first-order chi connectivity index (χ1) is 17.9. The highest BCUT2D eigenvalue weighted by molar-refractivity contribution is 7.99. The number of anilines is 1. The Morgan fingerprint density at radius 3 is 2.51 bits per heavy atom. The molecule has 3 aliphatic rings. The van der Waals surface area contributed by atoms with Gasteiger partial charge in [-0.05, 0) is 48.0 Å². The van der Waals surface area contributed by atoms with Crippen LogP contribution in [0.25, 0.3) is 0 Å². The van der Waals surface area contributed by atoms with E-state index >= 15 is 0 Å². The first-order valence-electron chi connectivity index (χ1n) is 12.6. The number of carbonyl (C=O) groups is 1. The highest BCUT2D eigenvalue weighted by Crippen LogP contribution is 2.37. The lowest BCUT2D eigenvalue weighted by molar-refractivity contribution is -0.943. The number of hydrogen-bond donors (Lipinski definition) is 0. The lowest BCUT2D eigenvalue weighted by Crippen LogP contribution is -2.65. The van der Waals surface area contributed by atoms with Crippen LogP contribution in [0.2, 0.25) is 5.02 Å². The summed E-state index contributed by atoms with van der Waals surface area (Å²) in [5.74, 6) is 0.408. The van der Waals surface area contributed by atoms with Crippen LogP contribution in [0, 0.1) is 17.6 Å². The Morgan fingerprint density at radius 1 is 1.03 bits per heavy atom. The van der Waals surface area contributed by atoms with Gasteiger partial charge >= 0.3 is 6.09 Å². The fourth-order valence-corrected chi connectivity index (χ4v) is 6.82. The summed E-state index contributed by atoms with van der Waals surface area (Å²) < 4.78 is 35.2. The van der Waals surface area contributed by atoms with E-state index < -0.39 is 11.9 Å². The van der Waals surface area contributed by atoms with Crippen molar-refractivity contribution in [2.24, 2.45) is 5.92 Å². The van der Waals surface area contributed by atoms with Crippen molar-refractivity contribution in [3.63, 3.8) is 0 Å². The number of carbonyl (C=O) groups excluding carboxylic acids is 1. The van der Waals surface area contributed by atoms with Crippen LogP contribution >= 0.6 is 23.4 Å². The molecule has 6 rings (SSSR count). The second kappa shape index (κ2) is 11.4. The molecule has 3 aromatic rings. The minimum Gasteiger partial charge on any atom is -0.440 e. The number of quaternary nitrogens is 1. The number of amides is 1. The van der Waals surface area contributed by atoms with E-state index in [-0.39, 0.29) is 24.2 Å². The van der Waals surface area contributed by atoms with Crippen molar-refractivity contribution in [2.45, 2.75) is 30.4 Å². The second-order valence-corrected chi connectivity index (χ2v) is 11.5. The molecular weight excluding hydrogens is 514 g/mol. The number of halogens is 3. The monoisotopic (exact) mass is 543 g/mol. The second-order valence-electron chi connectivity index (χ2n) is 9.92. The van der Waals surface area contributed by atoms with Crippen LogP contribution < -0.4 is 4.90 Å². The van der Waals surface area contributed by atoms with Crippen molar-refractivity contribution in [1.82, 2.24) is 0 Å². The zero-order valence-electron chi connectivity index (χ0n) is 20.5. The van der Waals surface area contributed by atoms with E-state index in [4.69, 9.17) is 16.3 Å². The third-order valence-electron chi connectivity index (χ3n) is 7.54. The summed E-state index contributed by atoms with van der Waals surface area (Å²) in [6.07, 6.45) is 1.24. The van der Waals surface area contributed by atoms with Crippen LogP contribution in [0.1, 0.15) is 18.4 Å². The Balaban J connectivity index is 1.27. The third kappa shape index (κ3) is 6.28. The Hall–Kier alpha value is -2.61. The van der Waals surface area contributed by atoms with Crippen molar-refractivity contribution in [2.75, 3.05) is 36.8 Å². The molecule has 8 heteroatoms. The van der Waals surface area contributed by atoms with E-state index in [1.807, 2.05) is 18.2 Å². The molecule has 2 bridgehead atoms. The summed E-state index contributed by atoms with van der Waals surface area (Å²) in [5.41, 5.74) is 0.844. The first kappa shape index (κ1) is 26.0. The van der Waals surface area contributed by atoms with Gasteiger partial charge in [0.05, 0.1) is 31.9 Å². The average molecular weight is 544 g/mol. The summed E-state index contributed by atoms with van der Waals surface area (Å²) >= 11 is 7.92. The standard InChI is InChI=1S/C29H30ClF2N2O2S/c30-23-4-3-5-25(18-23)37-17-16-34-14-12-22(13-15-34)28(20-34)36-29(35)33(27-7-2-1-6-26(27)32)19-21-8-10-24(31)11-9-21/h1-11,18,22,28H,12-17,19-20H2/q+1/t22?,28-,34?/m0/s1. The van der Waals surface area contributed by atoms with Crippen LogP contribution in [-0.4, -0.2) is 48.6 Å². The largest absolute Gasteiger partial charge is 0.440 e. The molecule has 194 valence electrons. The molecule has 0 radical (unpaired) electrons. The SMILES string of the molecule is O=C(O[C@H]1C[N+]2(CCSc3cccc(Cl)c3)CCC1CC2)N(Cc1ccc(F)cc1)c1ccccc1F. The Morgan fingerprint density at radius 2 is 1.78 bits per heavy atom. The molecule has 3 heterocycles. The highest BCUT2D eigenvalue weighted by Gasteiger charge is 2.47. The molecule has 0 unspecified atom stereocenters. The number of piperidine rings is 3. The van der Waals surface area contributed by atoms with Gasteiger partial charge < -0.3 is 9.22 Å². The molecule has 0 saturated carbocycles. The number of para-hydroxylation sites is 1. The van der Waals surface area contributed by atoms with Gasteiger partial charge in [-0.25, -0.2) is 13.6 Å². The van der Waals surface area contributed by atoms with E-state index in [2.05, 4.69) is 6.07 Å². The normalized spacial score (nSPS) is 22.6. The van der Waals surface area contributed by atoms with Crippen molar-refractivity contribution >= 4 is 35.1 Å². The molecule has 0 N–H and O–H groups in total. The van der Waals surface area contributed by atoms with Crippen LogP contribution in [0.3, 0.4) is 0 Å². The summed E-state index contributed by atoms with van der Waals surface area (Å²) in [6.45, 7) is 4.02. The van der Waals surface area contributed by atoms with Gasteiger partial charge in [-0.2, -0.15) is 0 Å². The third-order valence-corrected chi connectivity index (χ3v) is 8.75. The number of fused-ring (bicyclic) bond motifs is 3. The van der Waals surface area contributed by atoms with Crippen LogP contribution in [0.4, 0.5) is 19.3 Å². The molecule has 1 amide bonds. The number of ether oxygens (including phenoxy) is 1.